The average molecular weight is 203 g/mol. The second kappa shape index (κ2) is 3.74. The standard InChI is InChI=1S/C8H7ClO2S/c9-12(10,11)8-6-4-2-1-3-5-7-8/h1-7H/b2-1-,3-1?,4-2?,5-3-,6-4?,7-5?,8-6?,8-7?. The molecule has 64 valence electrons. The van der Waals surface area contributed by atoms with E-state index in [1.165, 1.54) is 12.2 Å². The first-order chi connectivity index (χ1) is 5.61. The van der Waals surface area contributed by atoms with E-state index in [0.29, 0.717) is 0 Å². The number of halogens is 1. The lowest BCUT2D eigenvalue weighted by Crippen LogP contribution is -1.91. The van der Waals surface area contributed by atoms with Crippen LogP contribution in [0.25, 0.3) is 0 Å². The summed E-state index contributed by atoms with van der Waals surface area (Å²) in [7, 11) is 1.53. The summed E-state index contributed by atoms with van der Waals surface area (Å²) in [5.74, 6) is 0. The van der Waals surface area contributed by atoms with Crippen LogP contribution in [0.2, 0.25) is 0 Å². The maximum absolute atomic E-state index is 10.8. The summed E-state index contributed by atoms with van der Waals surface area (Å²) in [5, 5.41) is 0. The van der Waals surface area contributed by atoms with Gasteiger partial charge in [-0.1, -0.05) is 30.4 Å². The lowest BCUT2D eigenvalue weighted by Gasteiger charge is -1.94. The molecule has 0 N–H and O–H groups in total. The third-order valence-corrected chi connectivity index (χ3v) is 2.62. The lowest BCUT2D eigenvalue weighted by atomic mass is 10.3. The summed E-state index contributed by atoms with van der Waals surface area (Å²) in [4.78, 5) is 0.102. The summed E-state index contributed by atoms with van der Waals surface area (Å²) < 4.78 is 21.7. The van der Waals surface area contributed by atoms with Gasteiger partial charge in [0.15, 0.2) is 0 Å². The molecule has 0 radical (unpaired) electrons. The molecule has 0 aliphatic heterocycles. The van der Waals surface area contributed by atoms with Gasteiger partial charge in [-0.3, -0.25) is 0 Å². The molecule has 0 fully saturated rings. The van der Waals surface area contributed by atoms with Crippen LogP contribution in [-0.2, 0) is 9.05 Å². The van der Waals surface area contributed by atoms with Gasteiger partial charge in [-0.15, -0.1) is 0 Å². The fraction of sp³-hybridized carbons (Fsp3) is 0. The molecule has 0 bridgehead atoms. The summed E-state index contributed by atoms with van der Waals surface area (Å²) in [6.07, 6.45) is 11.4. The van der Waals surface area contributed by atoms with Gasteiger partial charge in [0, 0.05) is 10.7 Å². The molecule has 12 heavy (non-hydrogen) atoms. The Balaban J connectivity index is 3.07. The molecule has 1 rings (SSSR count). The Bertz CT molecular complexity index is 372. The number of allylic oxidation sites excluding steroid dienone is 7. The van der Waals surface area contributed by atoms with Crippen LogP contribution in [-0.4, -0.2) is 8.42 Å². The Hall–Kier alpha value is -0.800. The normalized spacial score (nSPS) is 22.2. The van der Waals surface area contributed by atoms with Crippen LogP contribution in [0.15, 0.2) is 47.4 Å². The van der Waals surface area contributed by atoms with Gasteiger partial charge in [0.1, 0.15) is 0 Å². The summed E-state index contributed by atoms with van der Waals surface area (Å²) in [5.41, 5.74) is 0. The van der Waals surface area contributed by atoms with E-state index in [0.717, 1.165) is 0 Å². The van der Waals surface area contributed by atoms with E-state index in [1.807, 2.05) is 0 Å². The molecule has 0 amide bonds. The smallest absolute Gasteiger partial charge is 0.207 e. The van der Waals surface area contributed by atoms with E-state index >= 15 is 0 Å². The van der Waals surface area contributed by atoms with Crippen molar-refractivity contribution in [3.63, 3.8) is 0 Å². The molecule has 2 nitrogen and oxygen atoms in total. The van der Waals surface area contributed by atoms with E-state index in [4.69, 9.17) is 10.7 Å². The lowest BCUT2D eigenvalue weighted by molar-refractivity contribution is 0.615. The topological polar surface area (TPSA) is 34.1 Å². The minimum Gasteiger partial charge on any atom is -0.207 e. The molecule has 0 heterocycles. The van der Waals surface area contributed by atoms with Crippen molar-refractivity contribution in [3.05, 3.63) is 47.4 Å². The maximum atomic E-state index is 10.8. The van der Waals surface area contributed by atoms with Crippen molar-refractivity contribution >= 4 is 19.7 Å². The molecule has 0 aromatic rings. The maximum Gasteiger partial charge on any atom is 0.261 e. The van der Waals surface area contributed by atoms with Crippen molar-refractivity contribution in [3.8, 4) is 0 Å². The van der Waals surface area contributed by atoms with Crippen molar-refractivity contribution in [1.29, 1.82) is 0 Å². The molecule has 1 aliphatic rings. The van der Waals surface area contributed by atoms with Gasteiger partial charge in [-0.25, -0.2) is 8.42 Å². The number of hydrogen-bond acceptors (Lipinski definition) is 2. The van der Waals surface area contributed by atoms with Crippen molar-refractivity contribution in [2.75, 3.05) is 0 Å². The fourth-order valence-electron chi connectivity index (χ4n) is 0.711. The molecule has 0 saturated carbocycles. The zero-order valence-corrected chi connectivity index (χ0v) is 7.72. The highest BCUT2D eigenvalue weighted by Crippen LogP contribution is 2.14. The van der Waals surface area contributed by atoms with Gasteiger partial charge < -0.3 is 0 Å². The molecule has 4 heteroatoms. The average Bonchev–Trinajstić information content (AvgIpc) is 1.81. The molecular weight excluding hydrogens is 196 g/mol. The molecule has 0 aromatic carbocycles. The first-order valence-corrected chi connectivity index (χ1v) is 5.58. The quantitative estimate of drug-likeness (QED) is 0.611. The third-order valence-electron chi connectivity index (χ3n) is 1.25. The van der Waals surface area contributed by atoms with Crippen molar-refractivity contribution in [1.82, 2.24) is 0 Å². The molecule has 0 saturated heterocycles. The first-order valence-electron chi connectivity index (χ1n) is 3.27. The van der Waals surface area contributed by atoms with Crippen LogP contribution >= 0.6 is 10.7 Å². The number of rotatable bonds is 1. The van der Waals surface area contributed by atoms with E-state index in [-0.39, 0.29) is 4.91 Å². The van der Waals surface area contributed by atoms with E-state index in [9.17, 15) is 8.42 Å². The molecule has 0 unspecified atom stereocenters. The Labute approximate surface area is 76.0 Å². The summed E-state index contributed by atoms with van der Waals surface area (Å²) in [6.45, 7) is 0. The molecular formula is C8H7ClO2S. The van der Waals surface area contributed by atoms with Crippen LogP contribution < -0.4 is 0 Å². The molecule has 0 atom stereocenters. The fourth-order valence-corrected chi connectivity index (χ4v) is 1.50. The minimum atomic E-state index is -3.60. The third kappa shape index (κ3) is 2.68. The SMILES string of the molecule is O=S(=O)(Cl)C1=C/C=C\C=C/C=C1. The van der Waals surface area contributed by atoms with Gasteiger partial charge in [0.2, 0.25) is 0 Å². The Morgan fingerprint density at radius 3 is 2.25 bits per heavy atom. The number of hydrogen-bond donors (Lipinski definition) is 0. The summed E-state index contributed by atoms with van der Waals surface area (Å²) >= 11 is 0. The van der Waals surface area contributed by atoms with E-state index in [1.54, 1.807) is 30.4 Å². The summed E-state index contributed by atoms with van der Waals surface area (Å²) in [6, 6.07) is 0. The highest BCUT2D eigenvalue weighted by molar-refractivity contribution is 8.17. The predicted octanol–water partition coefficient (Wildman–Crippen LogP) is 2.12. The van der Waals surface area contributed by atoms with E-state index < -0.39 is 9.05 Å². The van der Waals surface area contributed by atoms with E-state index in [2.05, 4.69) is 0 Å². The Morgan fingerprint density at radius 1 is 1.00 bits per heavy atom. The highest BCUT2D eigenvalue weighted by Gasteiger charge is 2.08. The Morgan fingerprint density at radius 2 is 1.58 bits per heavy atom. The second-order valence-electron chi connectivity index (χ2n) is 2.14. The predicted molar refractivity (Wildman–Crippen MR) is 50.3 cm³/mol. The minimum absolute atomic E-state index is 0.102. The van der Waals surface area contributed by atoms with Crippen molar-refractivity contribution in [2.45, 2.75) is 0 Å². The van der Waals surface area contributed by atoms with Crippen LogP contribution in [0.4, 0.5) is 0 Å². The van der Waals surface area contributed by atoms with Gasteiger partial charge in [-0.2, -0.15) is 0 Å². The zero-order chi connectivity index (χ0) is 9.03. The largest absolute Gasteiger partial charge is 0.261 e. The van der Waals surface area contributed by atoms with Gasteiger partial charge in [0.25, 0.3) is 9.05 Å². The van der Waals surface area contributed by atoms with Gasteiger partial charge >= 0.3 is 0 Å². The van der Waals surface area contributed by atoms with Gasteiger partial charge in [-0.05, 0) is 12.2 Å². The van der Waals surface area contributed by atoms with Crippen LogP contribution in [0.3, 0.4) is 0 Å². The van der Waals surface area contributed by atoms with Crippen molar-refractivity contribution in [2.24, 2.45) is 0 Å². The zero-order valence-electron chi connectivity index (χ0n) is 6.14. The van der Waals surface area contributed by atoms with Crippen molar-refractivity contribution < 1.29 is 8.42 Å². The van der Waals surface area contributed by atoms with Crippen LogP contribution in [0, 0.1) is 0 Å². The van der Waals surface area contributed by atoms with Gasteiger partial charge in [0.05, 0.1) is 4.91 Å². The molecule has 0 aromatic heterocycles. The van der Waals surface area contributed by atoms with Crippen LogP contribution in [0.1, 0.15) is 0 Å². The van der Waals surface area contributed by atoms with Crippen LogP contribution in [0.5, 0.6) is 0 Å². The second-order valence-corrected chi connectivity index (χ2v) is 4.70. The monoisotopic (exact) mass is 202 g/mol. The Kier molecular flexibility index (Phi) is 2.89. The molecule has 0 spiro atoms. The highest BCUT2D eigenvalue weighted by atomic mass is 35.7. The first kappa shape index (κ1) is 9.29. The molecule has 1 aliphatic carbocycles.